The Morgan fingerprint density at radius 2 is 1.17 bits per heavy atom. The van der Waals surface area contributed by atoms with Crippen molar-refractivity contribution in [2.24, 2.45) is 0 Å². The van der Waals surface area contributed by atoms with Crippen LogP contribution in [0.25, 0.3) is 0 Å². The number of carbonyl (C=O) groups is 2. The average molecular weight is 260 g/mol. The van der Waals surface area contributed by atoms with Crippen molar-refractivity contribution in [3.05, 3.63) is 0 Å². The Balaban J connectivity index is -0.0000000731. The Morgan fingerprint density at radius 1 is 1.00 bits per heavy atom. The molecule has 0 aromatic heterocycles. The van der Waals surface area contributed by atoms with E-state index >= 15 is 0 Å². The lowest BCUT2D eigenvalue weighted by atomic mass is 10.7. The van der Waals surface area contributed by atoms with Gasteiger partial charge in [-0.05, 0) is 20.8 Å². The molecule has 18 heavy (non-hydrogen) atoms. The molecule has 0 heterocycles. The number of rotatable bonds is 1. The number of amides is 2. The van der Waals surface area contributed by atoms with Crippen LogP contribution >= 0.6 is 0 Å². The van der Waals surface area contributed by atoms with Gasteiger partial charge in [-0.2, -0.15) is 0 Å². The highest BCUT2D eigenvalue weighted by Crippen LogP contribution is 1.52. The standard InChI is InChI=1S/C4H6.2C3H7NO.C3H8O/c1-3-4-2;2*1-3(5)4-2;1-3-4-2/h1-2H3;2*1-2H3,(H,4,5);3H2,1-2H3. The topological polar surface area (TPSA) is 67.4 Å². The van der Waals surface area contributed by atoms with E-state index < -0.39 is 0 Å². The van der Waals surface area contributed by atoms with E-state index in [0.717, 1.165) is 6.61 Å². The highest BCUT2D eigenvalue weighted by Gasteiger charge is 1.73. The molecule has 0 spiro atoms. The molecule has 0 saturated heterocycles. The first-order valence-electron chi connectivity index (χ1n) is 5.56. The third-order valence-electron chi connectivity index (χ3n) is 1.24. The van der Waals surface area contributed by atoms with Gasteiger partial charge in [-0.15, -0.1) is 11.8 Å². The molecule has 5 heteroatoms. The van der Waals surface area contributed by atoms with Gasteiger partial charge >= 0.3 is 0 Å². The van der Waals surface area contributed by atoms with Crippen molar-refractivity contribution in [1.82, 2.24) is 10.6 Å². The van der Waals surface area contributed by atoms with Gasteiger partial charge in [0, 0.05) is 41.7 Å². The van der Waals surface area contributed by atoms with Crippen molar-refractivity contribution < 1.29 is 14.3 Å². The summed E-state index contributed by atoms with van der Waals surface area (Å²) in [6.45, 7) is 9.36. The van der Waals surface area contributed by atoms with Crippen LogP contribution in [0.15, 0.2) is 0 Å². The highest BCUT2D eigenvalue weighted by molar-refractivity contribution is 5.72. The Hall–Kier alpha value is -1.54. The van der Waals surface area contributed by atoms with Crippen LogP contribution in [-0.4, -0.2) is 39.6 Å². The number of hydrogen-bond acceptors (Lipinski definition) is 3. The SMILES string of the molecule is CC#CC.CCOC.CNC(C)=O.CNC(C)=O. The largest absolute Gasteiger partial charge is 0.385 e. The van der Waals surface area contributed by atoms with E-state index in [-0.39, 0.29) is 11.8 Å². The molecule has 0 aliphatic carbocycles. The molecule has 0 bridgehead atoms. The molecule has 0 aromatic rings. The average Bonchev–Trinajstić information content (AvgIpc) is 2.39. The monoisotopic (exact) mass is 260 g/mol. The van der Waals surface area contributed by atoms with Gasteiger partial charge in [0.05, 0.1) is 0 Å². The van der Waals surface area contributed by atoms with Crippen molar-refractivity contribution >= 4 is 11.8 Å². The van der Waals surface area contributed by atoms with Gasteiger partial charge in [-0.3, -0.25) is 9.59 Å². The van der Waals surface area contributed by atoms with Crippen LogP contribution in [0, 0.1) is 11.8 Å². The molecular weight excluding hydrogens is 232 g/mol. The lowest BCUT2D eigenvalue weighted by molar-refractivity contribution is -0.119. The van der Waals surface area contributed by atoms with Gasteiger partial charge in [0.1, 0.15) is 0 Å². The van der Waals surface area contributed by atoms with E-state index in [1.54, 1.807) is 21.2 Å². The number of hydrogen-bond donors (Lipinski definition) is 2. The normalized spacial score (nSPS) is 6.22. The maximum absolute atomic E-state index is 9.70. The number of ether oxygens (including phenoxy) is 1. The maximum Gasteiger partial charge on any atom is 0.216 e. The van der Waals surface area contributed by atoms with Gasteiger partial charge in [-0.1, -0.05) is 0 Å². The van der Waals surface area contributed by atoms with Crippen LogP contribution in [0.5, 0.6) is 0 Å². The van der Waals surface area contributed by atoms with Crippen LogP contribution in [-0.2, 0) is 14.3 Å². The fourth-order valence-corrected chi connectivity index (χ4v) is 0. The van der Waals surface area contributed by atoms with E-state index in [9.17, 15) is 9.59 Å². The molecule has 0 rings (SSSR count). The molecular formula is C13H28N2O3. The second-order valence-electron chi connectivity index (χ2n) is 2.69. The number of methoxy groups -OCH3 is 1. The van der Waals surface area contributed by atoms with Crippen LogP contribution < -0.4 is 10.6 Å². The molecule has 0 aliphatic rings. The molecule has 5 nitrogen and oxygen atoms in total. The maximum atomic E-state index is 9.70. The summed E-state index contributed by atoms with van der Waals surface area (Å²) in [5.74, 6) is 5.37. The van der Waals surface area contributed by atoms with E-state index in [0.29, 0.717) is 0 Å². The minimum absolute atomic E-state index is 0.00463. The number of carbonyl (C=O) groups excluding carboxylic acids is 2. The van der Waals surface area contributed by atoms with Gasteiger partial charge < -0.3 is 15.4 Å². The third-order valence-corrected chi connectivity index (χ3v) is 1.24. The van der Waals surface area contributed by atoms with Crippen molar-refractivity contribution in [3.8, 4) is 11.8 Å². The van der Waals surface area contributed by atoms with Crippen molar-refractivity contribution in [1.29, 1.82) is 0 Å². The molecule has 0 atom stereocenters. The van der Waals surface area contributed by atoms with Crippen LogP contribution in [0.3, 0.4) is 0 Å². The summed E-state index contributed by atoms with van der Waals surface area (Å²) in [6.07, 6.45) is 0. The Bertz CT molecular complexity index is 208. The Labute approximate surface area is 112 Å². The fraction of sp³-hybridized carbons (Fsp3) is 0.692. The van der Waals surface area contributed by atoms with Gasteiger partial charge in [0.15, 0.2) is 0 Å². The molecule has 0 fully saturated rings. The Kier molecular flexibility index (Phi) is 41.6. The predicted octanol–water partition coefficient (Wildman–Crippen LogP) is 1.19. The summed E-state index contributed by atoms with van der Waals surface area (Å²) >= 11 is 0. The summed E-state index contributed by atoms with van der Waals surface area (Å²) < 4.78 is 4.54. The van der Waals surface area contributed by atoms with E-state index in [4.69, 9.17) is 0 Å². The summed E-state index contributed by atoms with van der Waals surface area (Å²) in [4.78, 5) is 19.4. The zero-order chi connectivity index (χ0) is 15.4. The minimum atomic E-state index is 0.00463. The van der Waals surface area contributed by atoms with Gasteiger partial charge in [0.25, 0.3) is 0 Å². The molecule has 108 valence electrons. The molecule has 0 aromatic carbocycles. The van der Waals surface area contributed by atoms with Crippen molar-refractivity contribution in [2.45, 2.75) is 34.6 Å². The zero-order valence-corrected chi connectivity index (χ0v) is 12.9. The van der Waals surface area contributed by atoms with Gasteiger partial charge in [-0.25, -0.2) is 0 Å². The highest BCUT2D eigenvalue weighted by atomic mass is 16.5. The predicted molar refractivity (Wildman–Crippen MR) is 76.2 cm³/mol. The first-order chi connectivity index (χ1) is 8.37. The summed E-state index contributed by atoms with van der Waals surface area (Å²) in [5, 5.41) is 4.78. The third kappa shape index (κ3) is 132. The molecule has 0 aliphatic heterocycles. The Morgan fingerprint density at radius 3 is 1.17 bits per heavy atom. The first kappa shape index (κ1) is 25.3. The zero-order valence-electron chi connectivity index (χ0n) is 12.9. The molecule has 0 unspecified atom stereocenters. The van der Waals surface area contributed by atoms with Crippen LogP contribution in [0.2, 0.25) is 0 Å². The fourth-order valence-electron chi connectivity index (χ4n) is 0. The summed E-state index contributed by atoms with van der Waals surface area (Å²) in [7, 11) is 4.88. The molecule has 0 radical (unpaired) electrons. The quantitative estimate of drug-likeness (QED) is 0.696. The van der Waals surface area contributed by atoms with Crippen molar-refractivity contribution in [2.75, 3.05) is 27.8 Å². The minimum Gasteiger partial charge on any atom is -0.385 e. The summed E-state index contributed by atoms with van der Waals surface area (Å²) in [5.41, 5.74) is 0. The van der Waals surface area contributed by atoms with E-state index in [2.05, 4.69) is 27.2 Å². The number of nitrogens with one attached hydrogen (secondary N) is 2. The molecule has 2 amide bonds. The van der Waals surface area contributed by atoms with Crippen molar-refractivity contribution in [3.63, 3.8) is 0 Å². The van der Waals surface area contributed by atoms with Crippen LogP contribution in [0.1, 0.15) is 34.6 Å². The second kappa shape index (κ2) is 29.5. The van der Waals surface area contributed by atoms with Gasteiger partial charge in [0.2, 0.25) is 11.8 Å². The van der Waals surface area contributed by atoms with Crippen LogP contribution in [0.4, 0.5) is 0 Å². The molecule has 2 N–H and O–H groups in total. The smallest absolute Gasteiger partial charge is 0.216 e. The summed E-state index contributed by atoms with van der Waals surface area (Å²) in [6, 6.07) is 0. The lowest BCUT2D eigenvalue weighted by Crippen LogP contribution is -2.11. The van der Waals surface area contributed by atoms with E-state index in [1.165, 1.54) is 13.8 Å². The molecule has 0 saturated carbocycles. The first-order valence-corrected chi connectivity index (χ1v) is 5.56. The lowest BCUT2D eigenvalue weighted by Gasteiger charge is -1.80. The van der Waals surface area contributed by atoms with E-state index in [1.807, 2.05) is 20.8 Å². The second-order valence-corrected chi connectivity index (χ2v) is 2.69.